The third-order valence-corrected chi connectivity index (χ3v) is 4.14. The van der Waals surface area contributed by atoms with E-state index in [9.17, 15) is 0 Å². The van der Waals surface area contributed by atoms with Crippen molar-refractivity contribution < 1.29 is 0 Å². The van der Waals surface area contributed by atoms with Gasteiger partial charge in [0.25, 0.3) is 0 Å². The molecule has 1 fully saturated rings. The average molecular weight is 246 g/mol. The van der Waals surface area contributed by atoms with E-state index in [1.54, 1.807) is 0 Å². The molecule has 0 aromatic carbocycles. The lowest BCUT2D eigenvalue weighted by molar-refractivity contribution is 0.415. The zero-order valence-corrected chi connectivity index (χ0v) is 11.4. The Labute approximate surface area is 109 Å². The van der Waals surface area contributed by atoms with E-state index in [0.717, 1.165) is 38.5 Å². The average Bonchev–Trinajstić information content (AvgIpc) is 2.39. The number of rotatable bonds is 1. The number of piperazine rings is 1. The van der Waals surface area contributed by atoms with E-state index < -0.39 is 0 Å². The summed E-state index contributed by atoms with van der Waals surface area (Å²) in [5.74, 6) is 0.922. The quantitative estimate of drug-likeness (QED) is 0.815. The summed E-state index contributed by atoms with van der Waals surface area (Å²) in [5, 5.41) is 3.37. The number of aromatic nitrogens is 2. The van der Waals surface area contributed by atoms with Crippen LogP contribution in [0.4, 0.5) is 5.95 Å². The highest BCUT2D eigenvalue weighted by Crippen LogP contribution is 2.35. The lowest BCUT2D eigenvalue weighted by Gasteiger charge is -2.33. The van der Waals surface area contributed by atoms with E-state index in [1.165, 1.54) is 24.1 Å². The Kier molecular flexibility index (Phi) is 2.98. The van der Waals surface area contributed by atoms with Crippen LogP contribution in [0.25, 0.3) is 0 Å². The first-order valence-electron chi connectivity index (χ1n) is 6.99. The summed E-state index contributed by atoms with van der Waals surface area (Å²) in [6, 6.07) is 0. The second-order valence-corrected chi connectivity index (χ2v) is 6.02. The number of aryl methyl sites for hydroxylation is 1. The van der Waals surface area contributed by atoms with Crippen molar-refractivity contribution >= 4 is 5.95 Å². The first-order valence-corrected chi connectivity index (χ1v) is 6.99. The van der Waals surface area contributed by atoms with Crippen molar-refractivity contribution in [2.45, 2.75) is 38.5 Å². The van der Waals surface area contributed by atoms with Gasteiger partial charge in [-0.2, -0.15) is 0 Å². The maximum atomic E-state index is 4.88. The molecule has 0 spiro atoms. The summed E-state index contributed by atoms with van der Waals surface area (Å²) in [4.78, 5) is 11.7. The van der Waals surface area contributed by atoms with Crippen LogP contribution in [0.5, 0.6) is 0 Å². The van der Waals surface area contributed by atoms with Gasteiger partial charge in [0.1, 0.15) is 0 Å². The fourth-order valence-corrected chi connectivity index (χ4v) is 3.02. The standard InChI is InChI=1S/C14H22N4/c1-14(2)5-3-4-11-10-16-13(17-12(11)14)18-8-6-15-7-9-18/h10,15H,3-9H2,1-2H3. The van der Waals surface area contributed by atoms with Crippen LogP contribution in [-0.4, -0.2) is 36.1 Å². The van der Waals surface area contributed by atoms with Crippen molar-refractivity contribution in [3.8, 4) is 0 Å². The van der Waals surface area contributed by atoms with Crippen molar-refractivity contribution in [1.82, 2.24) is 15.3 Å². The minimum absolute atomic E-state index is 0.208. The number of anilines is 1. The fraction of sp³-hybridized carbons (Fsp3) is 0.714. The molecule has 0 saturated carbocycles. The van der Waals surface area contributed by atoms with Crippen LogP contribution in [0.3, 0.4) is 0 Å². The molecule has 2 aliphatic rings. The molecule has 4 nitrogen and oxygen atoms in total. The van der Waals surface area contributed by atoms with E-state index >= 15 is 0 Å². The van der Waals surface area contributed by atoms with Crippen molar-refractivity contribution in [1.29, 1.82) is 0 Å². The molecule has 0 radical (unpaired) electrons. The van der Waals surface area contributed by atoms with Gasteiger partial charge in [0.05, 0.1) is 5.69 Å². The topological polar surface area (TPSA) is 41.1 Å². The molecule has 98 valence electrons. The molecule has 0 amide bonds. The molecular weight excluding hydrogens is 224 g/mol. The van der Waals surface area contributed by atoms with Gasteiger partial charge in [-0.05, 0) is 24.8 Å². The van der Waals surface area contributed by atoms with E-state index in [1.807, 2.05) is 0 Å². The Bertz CT molecular complexity index is 435. The largest absolute Gasteiger partial charge is 0.338 e. The highest BCUT2D eigenvalue weighted by atomic mass is 15.3. The molecular formula is C14H22N4. The number of hydrogen-bond acceptors (Lipinski definition) is 4. The second-order valence-electron chi connectivity index (χ2n) is 6.02. The third-order valence-electron chi connectivity index (χ3n) is 4.14. The van der Waals surface area contributed by atoms with Crippen LogP contribution in [-0.2, 0) is 11.8 Å². The highest BCUT2D eigenvalue weighted by molar-refractivity contribution is 5.37. The van der Waals surface area contributed by atoms with Gasteiger partial charge in [0.2, 0.25) is 5.95 Å². The summed E-state index contributed by atoms with van der Waals surface area (Å²) in [5.41, 5.74) is 2.83. The van der Waals surface area contributed by atoms with Crippen LogP contribution in [0.15, 0.2) is 6.20 Å². The molecule has 4 heteroatoms. The maximum Gasteiger partial charge on any atom is 0.225 e. The lowest BCUT2D eigenvalue weighted by Crippen LogP contribution is -2.44. The van der Waals surface area contributed by atoms with Gasteiger partial charge in [0.15, 0.2) is 0 Å². The molecule has 1 aliphatic heterocycles. The Morgan fingerprint density at radius 1 is 1.28 bits per heavy atom. The number of nitrogens with zero attached hydrogens (tertiary/aromatic N) is 3. The maximum absolute atomic E-state index is 4.88. The van der Waals surface area contributed by atoms with E-state index in [2.05, 4.69) is 35.2 Å². The molecule has 1 N–H and O–H groups in total. The van der Waals surface area contributed by atoms with Gasteiger partial charge in [-0.15, -0.1) is 0 Å². The molecule has 1 aromatic heterocycles. The van der Waals surface area contributed by atoms with Crippen LogP contribution >= 0.6 is 0 Å². The monoisotopic (exact) mass is 246 g/mol. The number of fused-ring (bicyclic) bond motifs is 1. The molecule has 1 aromatic rings. The zero-order valence-electron chi connectivity index (χ0n) is 11.4. The van der Waals surface area contributed by atoms with Gasteiger partial charge in [0, 0.05) is 37.8 Å². The molecule has 1 aliphatic carbocycles. The van der Waals surface area contributed by atoms with Crippen molar-refractivity contribution in [2.24, 2.45) is 0 Å². The van der Waals surface area contributed by atoms with Crippen molar-refractivity contribution in [3.05, 3.63) is 17.5 Å². The SMILES string of the molecule is CC1(C)CCCc2cnc(N3CCNCC3)nc21. The summed E-state index contributed by atoms with van der Waals surface area (Å²) in [6.07, 6.45) is 5.69. The predicted octanol–water partition coefficient (Wildman–Crippen LogP) is 1.50. The fourth-order valence-electron chi connectivity index (χ4n) is 3.02. The Balaban J connectivity index is 1.93. The summed E-state index contributed by atoms with van der Waals surface area (Å²) < 4.78 is 0. The van der Waals surface area contributed by atoms with Gasteiger partial charge in [-0.25, -0.2) is 9.97 Å². The molecule has 0 unspecified atom stereocenters. The van der Waals surface area contributed by atoms with Gasteiger partial charge < -0.3 is 10.2 Å². The molecule has 18 heavy (non-hydrogen) atoms. The van der Waals surface area contributed by atoms with Crippen LogP contribution in [0.2, 0.25) is 0 Å². The molecule has 2 heterocycles. The van der Waals surface area contributed by atoms with Crippen molar-refractivity contribution in [2.75, 3.05) is 31.1 Å². The minimum atomic E-state index is 0.208. The number of nitrogens with one attached hydrogen (secondary N) is 1. The molecule has 3 rings (SSSR count). The third kappa shape index (κ3) is 2.09. The predicted molar refractivity (Wildman–Crippen MR) is 73.1 cm³/mol. The van der Waals surface area contributed by atoms with Crippen LogP contribution < -0.4 is 10.2 Å². The molecule has 1 saturated heterocycles. The molecule has 0 bridgehead atoms. The second kappa shape index (κ2) is 4.50. The Hall–Kier alpha value is -1.16. The van der Waals surface area contributed by atoms with Gasteiger partial charge in [-0.1, -0.05) is 13.8 Å². The van der Waals surface area contributed by atoms with Crippen LogP contribution in [0.1, 0.15) is 37.9 Å². The highest BCUT2D eigenvalue weighted by Gasteiger charge is 2.30. The smallest absolute Gasteiger partial charge is 0.225 e. The molecule has 0 atom stereocenters. The van der Waals surface area contributed by atoms with Gasteiger partial charge in [-0.3, -0.25) is 0 Å². The summed E-state index contributed by atoms with van der Waals surface area (Å²) in [6.45, 7) is 8.70. The van der Waals surface area contributed by atoms with E-state index in [-0.39, 0.29) is 5.41 Å². The van der Waals surface area contributed by atoms with Crippen LogP contribution in [0, 0.1) is 0 Å². The first-order chi connectivity index (χ1) is 8.67. The Morgan fingerprint density at radius 2 is 2.06 bits per heavy atom. The minimum Gasteiger partial charge on any atom is -0.338 e. The number of hydrogen-bond donors (Lipinski definition) is 1. The first kappa shape index (κ1) is 11.9. The van der Waals surface area contributed by atoms with Crippen molar-refractivity contribution in [3.63, 3.8) is 0 Å². The Morgan fingerprint density at radius 3 is 2.83 bits per heavy atom. The zero-order chi connectivity index (χ0) is 12.6. The lowest BCUT2D eigenvalue weighted by atomic mass is 9.76. The summed E-state index contributed by atoms with van der Waals surface area (Å²) in [7, 11) is 0. The van der Waals surface area contributed by atoms with E-state index in [4.69, 9.17) is 4.98 Å². The normalized spacial score (nSPS) is 22.7. The van der Waals surface area contributed by atoms with E-state index in [0.29, 0.717) is 0 Å². The van der Waals surface area contributed by atoms with Gasteiger partial charge >= 0.3 is 0 Å². The summed E-state index contributed by atoms with van der Waals surface area (Å²) >= 11 is 0.